The molecule has 0 radical (unpaired) electrons. The van der Waals surface area contributed by atoms with Crippen molar-refractivity contribution in [3.63, 3.8) is 0 Å². The van der Waals surface area contributed by atoms with Gasteiger partial charge >= 0.3 is 0 Å². The van der Waals surface area contributed by atoms with Crippen LogP contribution in [-0.2, 0) is 16.0 Å². The molecule has 0 aliphatic carbocycles. The van der Waals surface area contributed by atoms with E-state index in [1.807, 2.05) is 13.8 Å². The van der Waals surface area contributed by atoms with Crippen molar-refractivity contribution in [2.45, 2.75) is 33.1 Å². The zero-order valence-electron chi connectivity index (χ0n) is 8.72. The zero-order valence-corrected chi connectivity index (χ0v) is 8.72. The average molecular weight is 199 g/mol. The topological polar surface area (TPSA) is 49.2 Å². The van der Waals surface area contributed by atoms with Crippen LogP contribution < -0.4 is 0 Å². The molecule has 0 spiro atoms. The third-order valence-corrected chi connectivity index (χ3v) is 1.77. The van der Waals surface area contributed by atoms with Gasteiger partial charge in [0.1, 0.15) is 12.7 Å². The second kappa shape index (κ2) is 6.50. The molecule has 1 aromatic heterocycles. The van der Waals surface area contributed by atoms with Crippen LogP contribution in [0.5, 0.6) is 0 Å². The summed E-state index contributed by atoms with van der Waals surface area (Å²) in [6.45, 7) is 6.03. The summed E-state index contributed by atoms with van der Waals surface area (Å²) >= 11 is 0. The van der Waals surface area contributed by atoms with Crippen molar-refractivity contribution in [3.05, 3.63) is 12.7 Å². The van der Waals surface area contributed by atoms with Gasteiger partial charge in [0, 0.05) is 26.2 Å². The predicted molar refractivity (Wildman–Crippen MR) is 51.7 cm³/mol. The summed E-state index contributed by atoms with van der Waals surface area (Å²) in [5.74, 6) is 0. The lowest BCUT2D eigenvalue weighted by Gasteiger charge is -2.16. The molecule has 5 heteroatoms. The number of hydrogen-bond acceptors (Lipinski definition) is 4. The largest absolute Gasteiger partial charge is 0.353 e. The molecule has 0 aliphatic heterocycles. The van der Waals surface area contributed by atoms with Gasteiger partial charge in [-0.25, -0.2) is 4.98 Å². The quantitative estimate of drug-likeness (QED) is 0.616. The maximum Gasteiger partial charge on any atom is 0.159 e. The van der Waals surface area contributed by atoms with E-state index in [-0.39, 0.29) is 6.29 Å². The second-order valence-electron chi connectivity index (χ2n) is 2.79. The molecule has 0 fully saturated rings. The number of aryl methyl sites for hydroxylation is 1. The molecule has 0 aliphatic rings. The first-order chi connectivity index (χ1) is 6.86. The normalized spacial score (nSPS) is 11.1. The smallest absolute Gasteiger partial charge is 0.159 e. The van der Waals surface area contributed by atoms with Gasteiger partial charge in [-0.05, 0) is 13.8 Å². The van der Waals surface area contributed by atoms with Crippen molar-refractivity contribution in [2.75, 3.05) is 13.2 Å². The fraction of sp³-hybridized carbons (Fsp3) is 0.778. The molecule has 0 saturated carbocycles. The van der Waals surface area contributed by atoms with Gasteiger partial charge in [0.15, 0.2) is 6.29 Å². The van der Waals surface area contributed by atoms with E-state index in [0.29, 0.717) is 13.2 Å². The minimum atomic E-state index is -0.130. The van der Waals surface area contributed by atoms with Crippen molar-refractivity contribution in [1.82, 2.24) is 14.8 Å². The van der Waals surface area contributed by atoms with E-state index >= 15 is 0 Å². The van der Waals surface area contributed by atoms with Crippen molar-refractivity contribution in [2.24, 2.45) is 0 Å². The Balaban J connectivity index is 2.25. The molecular formula is C9H17N3O2. The van der Waals surface area contributed by atoms with Gasteiger partial charge in [-0.15, -0.1) is 0 Å². The van der Waals surface area contributed by atoms with Gasteiger partial charge in [-0.3, -0.25) is 4.68 Å². The van der Waals surface area contributed by atoms with Crippen LogP contribution in [0, 0.1) is 0 Å². The number of ether oxygens (including phenoxy) is 2. The Bertz CT molecular complexity index is 220. The van der Waals surface area contributed by atoms with E-state index < -0.39 is 0 Å². The summed E-state index contributed by atoms with van der Waals surface area (Å²) < 4.78 is 12.6. The van der Waals surface area contributed by atoms with Crippen LogP contribution in [0.1, 0.15) is 20.3 Å². The molecule has 1 heterocycles. The van der Waals surface area contributed by atoms with Crippen LogP contribution in [-0.4, -0.2) is 34.3 Å². The zero-order chi connectivity index (χ0) is 10.2. The fourth-order valence-electron chi connectivity index (χ4n) is 1.17. The minimum Gasteiger partial charge on any atom is -0.353 e. The maximum absolute atomic E-state index is 5.40. The van der Waals surface area contributed by atoms with Crippen molar-refractivity contribution < 1.29 is 9.47 Å². The lowest BCUT2D eigenvalue weighted by Crippen LogP contribution is -2.19. The molecule has 1 rings (SSSR count). The van der Waals surface area contributed by atoms with Crippen LogP contribution in [0.4, 0.5) is 0 Å². The van der Waals surface area contributed by atoms with Crippen LogP contribution in [0.2, 0.25) is 0 Å². The van der Waals surface area contributed by atoms with Gasteiger partial charge in [0.25, 0.3) is 0 Å². The molecule has 1 aromatic rings. The number of aromatic nitrogens is 3. The molecule has 0 saturated heterocycles. The Morgan fingerprint density at radius 2 is 2.00 bits per heavy atom. The minimum absolute atomic E-state index is 0.130. The van der Waals surface area contributed by atoms with E-state index in [0.717, 1.165) is 13.0 Å². The number of hydrogen-bond donors (Lipinski definition) is 0. The van der Waals surface area contributed by atoms with E-state index in [9.17, 15) is 0 Å². The highest BCUT2D eigenvalue weighted by Crippen LogP contribution is 2.02. The van der Waals surface area contributed by atoms with Crippen molar-refractivity contribution in [1.29, 1.82) is 0 Å². The Hall–Kier alpha value is -0.940. The highest BCUT2D eigenvalue weighted by Gasteiger charge is 2.07. The van der Waals surface area contributed by atoms with Crippen LogP contribution in [0.15, 0.2) is 12.7 Å². The lowest BCUT2D eigenvalue weighted by atomic mass is 10.4. The monoisotopic (exact) mass is 199 g/mol. The SMILES string of the molecule is CCOC(CCn1cncn1)OCC. The van der Waals surface area contributed by atoms with Crippen LogP contribution >= 0.6 is 0 Å². The lowest BCUT2D eigenvalue weighted by molar-refractivity contribution is -0.141. The standard InChI is InChI=1S/C9H17N3O2/c1-3-13-9(14-4-2)5-6-12-8-10-7-11-12/h7-9H,3-6H2,1-2H3. The van der Waals surface area contributed by atoms with E-state index in [4.69, 9.17) is 9.47 Å². The third-order valence-electron chi connectivity index (χ3n) is 1.77. The second-order valence-corrected chi connectivity index (χ2v) is 2.79. The van der Waals surface area contributed by atoms with E-state index in [2.05, 4.69) is 10.1 Å². The molecule has 0 aromatic carbocycles. The number of rotatable bonds is 7. The Labute approximate surface area is 84.0 Å². The first kappa shape index (κ1) is 11.1. The van der Waals surface area contributed by atoms with Gasteiger partial charge < -0.3 is 9.47 Å². The Morgan fingerprint density at radius 1 is 1.29 bits per heavy atom. The molecule has 0 bridgehead atoms. The molecular weight excluding hydrogens is 182 g/mol. The van der Waals surface area contributed by atoms with Gasteiger partial charge in [-0.2, -0.15) is 5.10 Å². The molecule has 80 valence electrons. The first-order valence-electron chi connectivity index (χ1n) is 4.92. The van der Waals surface area contributed by atoms with Crippen molar-refractivity contribution >= 4 is 0 Å². The fourth-order valence-corrected chi connectivity index (χ4v) is 1.17. The molecule has 5 nitrogen and oxygen atoms in total. The number of nitrogens with zero attached hydrogens (tertiary/aromatic N) is 3. The van der Waals surface area contributed by atoms with Crippen molar-refractivity contribution in [3.8, 4) is 0 Å². The first-order valence-corrected chi connectivity index (χ1v) is 4.92. The molecule has 0 N–H and O–H groups in total. The Morgan fingerprint density at radius 3 is 2.50 bits per heavy atom. The molecule has 0 atom stereocenters. The van der Waals surface area contributed by atoms with Crippen LogP contribution in [0.3, 0.4) is 0 Å². The van der Waals surface area contributed by atoms with Gasteiger partial charge in [0.05, 0.1) is 0 Å². The summed E-state index contributed by atoms with van der Waals surface area (Å²) in [5, 5.41) is 4.00. The Kier molecular flexibility index (Phi) is 5.17. The highest BCUT2D eigenvalue weighted by molar-refractivity contribution is 4.56. The predicted octanol–water partition coefficient (Wildman–Crippen LogP) is 1.07. The molecule has 0 unspecified atom stereocenters. The van der Waals surface area contributed by atoms with Crippen LogP contribution in [0.25, 0.3) is 0 Å². The summed E-state index contributed by atoms with van der Waals surface area (Å²) in [6, 6.07) is 0. The summed E-state index contributed by atoms with van der Waals surface area (Å²) in [6.07, 6.45) is 3.88. The summed E-state index contributed by atoms with van der Waals surface area (Å²) in [7, 11) is 0. The van der Waals surface area contributed by atoms with Gasteiger partial charge in [0.2, 0.25) is 0 Å². The average Bonchev–Trinajstić information content (AvgIpc) is 2.67. The highest BCUT2D eigenvalue weighted by atomic mass is 16.7. The summed E-state index contributed by atoms with van der Waals surface area (Å²) in [5.41, 5.74) is 0. The molecule has 0 amide bonds. The van der Waals surface area contributed by atoms with E-state index in [1.165, 1.54) is 6.33 Å². The maximum atomic E-state index is 5.40. The third kappa shape index (κ3) is 3.85. The van der Waals surface area contributed by atoms with Gasteiger partial charge in [-0.1, -0.05) is 0 Å². The molecule has 14 heavy (non-hydrogen) atoms. The van der Waals surface area contributed by atoms with E-state index in [1.54, 1.807) is 11.0 Å². The summed E-state index contributed by atoms with van der Waals surface area (Å²) in [4.78, 5) is 3.86.